The van der Waals surface area contributed by atoms with E-state index < -0.39 is 10.0 Å². The summed E-state index contributed by atoms with van der Waals surface area (Å²) < 4.78 is 31.1. The van der Waals surface area contributed by atoms with Crippen molar-refractivity contribution >= 4 is 49.9 Å². The second-order valence-electron chi connectivity index (χ2n) is 8.57. The summed E-state index contributed by atoms with van der Waals surface area (Å²) in [6, 6.07) is 14.9. The van der Waals surface area contributed by atoms with Crippen LogP contribution < -0.4 is 4.90 Å². The molecule has 2 aliphatic heterocycles. The Kier molecular flexibility index (Phi) is 7.07. The lowest BCUT2D eigenvalue weighted by atomic mass is 10.0. The fraction of sp³-hybridized carbons (Fsp3) is 0.435. The second-order valence-corrected chi connectivity index (χ2v) is 11.4. The summed E-state index contributed by atoms with van der Waals surface area (Å²) in [5.41, 5.74) is 3.61. The van der Waals surface area contributed by atoms with Gasteiger partial charge < -0.3 is 4.90 Å². The molecule has 3 aromatic rings. The van der Waals surface area contributed by atoms with E-state index in [1.54, 1.807) is 15.8 Å². The van der Waals surface area contributed by atoms with Crippen molar-refractivity contribution in [2.75, 3.05) is 43.9 Å². The molecule has 0 spiro atoms. The molecule has 0 N–H and O–H groups in total. The smallest absolute Gasteiger partial charge is 0.211 e. The van der Waals surface area contributed by atoms with Gasteiger partial charge in [-0.1, -0.05) is 30.3 Å². The molecule has 2 aliphatic rings. The maximum atomic E-state index is 11.8. The van der Waals surface area contributed by atoms with Crippen LogP contribution in [0.5, 0.6) is 0 Å². The first-order chi connectivity index (χ1) is 15.0. The van der Waals surface area contributed by atoms with Gasteiger partial charge in [0.15, 0.2) is 0 Å². The Labute approximate surface area is 200 Å². The first-order valence-electron chi connectivity index (χ1n) is 10.8. The zero-order chi connectivity index (χ0) is 21.4. The van der Waals surface area contributed by atoms with Gasteiger partial charge in [0.05, 0.1) is 11.0 Å². The molecule has 3 heterocycles. The Morgan fingerprint density at radius 3 is 2.53 bits per heavy atom. The van der Waals surface area contributed by atoms with Crippen molar-refractivity contribution in [2.45, 2.75) is 25.9 Å². The van der Waals surface area contributed by atoms with Crippen molar-refractivity contribution < 1.29 is 8.42 Å². The maximum Gasteiger partial charge on any atom is 0.211 e. The largest absolute Gasteiger partial charge is 0.353 e. The number of sulfonamides is 1. The van der Waals surface area contributed by atoms with Crippen molar-refractivity contribution in [3.05, 3.63) is 59.2 Å². The number of rotatable bonds is 6. The molecule has 1 aromatic heterocycles. The van der Waals surface area contributed by atoms with E-state index >= 15 is 0 Å². The zero-order valence-electron chi connectivity index (χ0n) is 18.2. The highest BCUT2D eigenvalue weighted by atomic mass is 35.5. The topological polar surface area (TPSA) is 56.8 Å². The standard InChI is InChI=1S/C23H28N4O2S2.ClH/c1-31(28,29)27-16-19-9-8-18(15-20(19)17-27)5-4-10-25-11-13-26(14-12-25)23-21-6-2-3-7-22(21)30-24-23;/h2-3,6-9,15H,4-5,10-14,16-17H2,1H3;1H. The molecule has 0 saturated carbocycles. The summed E-state index contributed by atoms with van der Waals surface area (Å²) in [7, 11) is -3.13. The van der Waals surface area contributed by atoms with Gasteiger partial charge in [0.2, 0.25) is 10.0 Å². The number of aromatic nitrogens is 1. The molecule has 0 amide bonds. The van der Waals surface area contributed by atoms with E-state index in [1.807, 2.05) is 0 Å². The number of nitrogens with zero attached hydrogens (tertiary/aromatic N) is 4. The summed E-state index contributed by atoms with van der Waals surface area (Å²) in [5.74, 6) is 1.14. The van der Waals surface area contributed by atoms with E-state index in [0.29, 0.717) is 13.1 Å². The molecule has 0 atom stereocenters. The minimum atomic E-state index is -3.13. The SMILES string of the molecule is CS(=O)(=O)N1Cc2ccc(CCCN3CCN(c4nsc5ccccc45)CC3)cc2C1.Cl. The van der Waals surface area contributed by atoms with E-state index in [9.17, 15) is 8.42 Å². The van der Waals surface area contributed by atoms with E-state index in [-0.39, 0.29) is 12.4 Å². The Balaban J connectivity index is 0.00000245. The lowest BCUT2D eigenvalue weighted by Crippen LogP contribution is -2.46. The highest BCUT2D eigenvalue weighted by Gasteiger charge is 2.26. The predicted molar refractivity (Wildman–Crippen MR) is 134 cm³/mol. The van der Waals surface area contributed by atoms with Crippen molar-refractivity contribution in [3.63, 3.8) is 0 Å². The molecule has 0 bridgehead atoms. The van der Waals surface area contributed by atoms with E-state index in [0.717, 1.165) is 62.5 Å². The summed E-state index contributed by atoms with van der Waals surface area (Å²) in [6.45, 7) is 6.29. The van der Waals surface area contributed by atoms with Crippen LogP contribution in [0, 0.1) is 0 Å². The molecule has 5 rings (SSSR count). The molecule has 2 aromatic carbocycles. The fourth-order valence-corrected chi connectivity index (χ4v) is 6.14. The number of piperazine rings is 1. The van der Waals surface area contributed by atoms with Crippen LogP contribution in [0.25, 0.3) is 10.1 Å². The van der Waals surface area contributed by atoms with Crippen LogP contribution in [0.2, 0.25) is 0 Å². The van der Waals surface area contributed by atoms with Gasteiger partial charge in [-0.3, -0.25) is 4.90 Å². The average Bonchev–Trinajstić information content (AvgIpc) is 3.38. The monoisotopic (exact) mass is 492 g/mol. The van der Waals surface area contributed by atoms with Crippen LogP contribution in [-0.4, -0.2) is 61.0 Å². The van der Waals surface area contributed by atoms with Gasteiger partial charge >= 0.3 is 0 Å². The first-order valence-corrected chi connectivity index (χ1v) is 13.5. The molecule has 0 radical (unpaired) electrons. The van der Waals surface area contributed by atoms with Gasteiger partial charge in [0.1, 0.15) is 5.82 Å². The number of aryl methyl sites for hydroxylation is 1. The molecule has 172 valence electrons. The van der Waals surface area contributed by atoms with Crippen molar-refractivity contribution in [3.8, 4) is 0 Å². The van der Waals surface area contributed by atoms with Crippen molar-refractivity contribution in [1.82, 2.24) is 13.6 Å². The maximum absolute atomic E-state index is 11.8. The van der Waals surface area contributed by atoms with Gasteiger partial charge in [0.25, 0.3) is 0 Å². The molecule has 32 heavy (non-hydrogen) atoms. The molecule has 0 aliphatic carbocycles. The number of fused-ring (bicyclic) bond motifs is 2. The van der Waals surface area contributed by atoms with Gasteiger partial charge in [-0.2, -0.15) is 8.68 Å². The summed E-state index contributed by atoms with van der Waals surface area (Å²) in [6.07, 6.45) is 3.44. The molecule has 1 fully saturated rings. The lowest BCUT2D eigenvalue weighted by Gasteiger charge is -2.35. The Hall–Kier alpha value is -1.71. The van der Waals surface area contributed by atoms with Crippen LogP contribution >= 0.6 is 23.9 Å². The average molecular weight is 493 g/mol. The van der Waals surface area contributed by atoms with Crippen molar-refractivity contribution in [1.29, 1.82) is 0 Å². The van der Waals surface area contributed by atoms with Gasteiger partial charge in [-0.25, -0.2) is 8.42 Å². The summed E-state index contributed by atoms with van der Waals surface area (Å²) >= 11 is 1.59. The number of benzene rings is 2. The van der Waals surface area contributed by atoms with Gasteiger partial charge in [0, 0.05) is 44.7 Å². The minimum absolute atomic E-state index is 0. The first kappa shape index (κ1) is 23.4. The number of anilines is 1. The summed E-state index contributed by atoms with van der Waals surface area (Å²) in [5, 5.41) is 1.27. The van der Waals surface area contributed by atoms with Gasteiger partial charge in [-0.15, -0.1) is 12.4 Å². The van der Waals surface area contributed by atoms with E-state index in [1.165, 1.54) is 21.9 Å². The zero-order valence-corrected chi connectivity index (χ0v) is 20.7. The second kappa shape index (κ2) is 9.65. The highest BCUT2D eigenvalue weighted by Crippen LogP contribution is 2.30. The quantitative estimate of drug-likeness (QED) is 0.524. The Morgan fingerprint density at radius 2 is 1.75 bits per heavy atom. The van der Waals surface area contributed by atoms with E-state index in [2.05, 4.69) is 52.3 Å². The normalized spacial score (nSPS) is 17.5. The molecule has 6 nitrogen and oxygen atoms in total. The van der Waals surface area contributed by atoms with Crippen LogP contribution in [0.3, 0.4) is 0 Å². The molecule has 9 heteroatoms. The predicted octanol–water partition coefficient (Wildman–Crippen LogP) is 3.75. The third-order valence-corrected chi connectivity index (χ3v) is 8.42. The van der Waals surface area contributed by atoms with E-state index in [4.69, 9.17) is 4.37 Å². The fourth-order valence-electron chi connectivity index (χ4n) is 4.60. The third kappa shape index (κ3) is 4.94. The Morgan fingerprint density at radius 1 is 1.00 bits per heavy atom. The summed E-state index contributed by atoms with van der Waals surface area (Å²) in [4.78, 5) is 4.97. The van der Waals surface area contributed by atoms with Crippen LogP contribution in [0.15, 0.2) is 42.5 Å². The van der Waals surface area contributed by atoms with Crippen LogP contribution in [-0.2, 0) is 29.5 Å². The number of halogens is 1. The Bertz CT molecular complexity index is 1190. The van der Waals surface area contributed by atoms with Crippen molar-refractivity contribution in [2.24, 2.45) is 0 Å². The lowest BCUT2D eigenvalue weighted by molar-refractivity contribution is 0.255. The molecular formula is C23H29ClN4O2S2. The van der Waals surface area contributed by atoms with Crippen LogP contribution in [0.1, 0.15) is 23.1 Å². The molecular weight excluding hydrogens is 464 g/mol. The highest BCUT2D eigenvalue weighted by molar-refractivity contribution is 7.88. The molecule has 0 unspecified atom stereocenters. The molecule has 1 saturated heterocycles. The van der Waals surface area contributed by atoms with Gasteiger partial charge in [-0.05, 0) is 59.7 Å². The number of hydrogen-bond acceptors (Lipinski definition) is 6. The minimum Gasteiger partial charge on any atom is -0.353 e. The third-order valence-electron chi connectivity index (χ3n) is 6.40. The number of hydrogen-bond donors (Lipinski definition) is 0. The van der Waals surface area contributed by atoms with Crippen LogP contribution in [0.4, 0.5) is 5.82 Å².